The van der Waals surface area contributed by atoms with Gasteiger partial charge in [-0.15, -0.1) is 0 Å². The fraction of sp³-hybridized carbons (Fsp3) is 0.105. The molecule has 7 heteroatoms. The number of amides is 2. The quantitative estimate of drug-likeness (QED) is 0.419. The van der Waals surface area contributed by atoms with Crippen LogP contribution in [-0.4, -0.2) is 25.1 Å². The molecule has 0 fully saturated rings. The van der Waals surface area contributed by atoms with E-state index in [1.54, 1.807) is 19.2 Å². The molecule has 0 unspecified atom stereocenters. The Balaban J connectivity index is 1.56. The molecule has 0 bridgehead atoms. The highest BCUT2D eigenvalue weighted by Crippen LogP contribution is 2.21. The molecule has 0 aliphatic rings. The van der Waals surface area contributed by atoms with Gasteiger partial charge in [0.1, 0.15) is 11.5 Å². The molecule has 132 valence electrons. The third-order valence-electron chi connectivity index (χ3n) is 3.66. The van der Waals surface area contributed by atoms with E-state index >= 15 is 0 Å². The van der Waals surface area contributed by atoms with E-state index in [1.807, 2.05) is 36.4 Å². The summed E-state index contributed by atoms with van der Waals surface area (Å²) in [6, 6.07) is 14.8. The number of carbonyl (C=O) groups is 2. The highest BCUT2D eigenvalue weighted by atomic mass is 16.5. The molecule has 1 heterocycles. The van der Waals surface area contributed by atoms with Crippen LogP contribution in [0.2, 0.25) is 0 Å². The van der Waals surface area contributed by atoms with E-state index in [2.05, 4.69) is 15.8 Å². The normalized spacial score (nSPS) is 10.8. The summed E-state index contributed by atoms with van der Waals surface area (Å²) in [5.41, 5.74) is 2.99. The van der Waals surface area contributed by atoms with E-state index in [0.29, 0.717) is 5.76 Å². The third-order valence-corrected chi connectivity index (χ3v) is 3.66. The molecule has 7 nitrogen and oxygen atoms in total. The summed E-state index contributed by atoms with van der Waals surface area (Å²) in [5.74, 6) is -0.295. The third kappa shape index (κ3) is 4.27. The molecule has 0 atom stereocenters. The van der Waals surface area contributed by atoms with Gasteiger partial charge in [0, 0.05) is 0 Å². The van der Waals surface area contributed by atoms with Gasteiger partial charge in [-0.25, -0.2) is 5.43 Å². The van der Waals surface area contributed by atoms with Gasteiger partial charge in [-0.3, -0.25) is 9.59 Å². The van der Waals surface area contributed by atoms with Gasteiger partial charge < -0.3 is 14.5 Å². The highest BCUT2D eigenvalue weighted by molar-refractivity contribution is 6.35. The van der Waals surface area contributed by atoms with Gasteiger partial charge in [-0.05, 0) is 46.7 Å². The van der Waals surface area contributed by atoms with Crippen LogP contribution >= 0.6 is 0 Å². The predicted octanol–water partition coefficient (Wildman–Crippen LogP) is 2.21. The molecule has 3 aromatic rings. The van der Waals surface area contributed by atoms with Crippen molar-refractivity contribution in [1.29, 1.82) is 0 Å². The Kier molecular flexibility index (Phi) is 5.28. The molecule has 0 saturated carbocycles. The van der Waals surface area contributed by atoms with Gasteiger partial charge in [0.2, 0.25) is 0 Å². The number of carbonyl (C=O) groups excluding carboxylic acids is 2. The fourth-order valence-electron chi connectivity index (χ4n) is 2.33. The summed E-state index contributed by atoms with van der Waals surface area (Å²) >= 11 is 0. The average Bonchev–Trinajstić information content (AvgIpc) is 3.19. The Labute approximate surface area is 149 Å². The van der Waals surface area contributed by atoms with E-state index in [1.165, 1.54) is 12.5 Å². The van der Waals surface area contributed by atoms with Crippen LogP contribution in [0.1, 0.15) is 11.3 Å². The van der Waals surface area contributed by atoms with Crippen molar-refractivity contribution in [2.75, 3.05) is 7.11 Å². The van der Waals surface area contributed by atoms with Crippen LogP contribution in [-0.2, 0) is 16.1 Å². The van der Waals surface area contributed by atoms with E-state index in [0.717, 1.165) is 22.1 Å². The molecule has 0 aliphatic carbocycles. The molecular formula is C19H17N3O4. The van der Waals surface area contributed by atoms with Gasteiger partial charge in [-0.2, -0.15) is 5.10 Å². The summed E-state index contributed by atoms with van der Waals surface area (Å²) in [7, 11) is 1.62. The maximum Gasteiger partial charge on any atom is 0.329 e. The largest absolute Gasteiger partial charge is 0.497 e. The SMILES string of the molecule is COc1ccc2cc(/C=N\NC(=O)C(=O)NCc3ccco3)ccc2c1. The number of furan rings is 1. The van der Waals surface area contributed by atoms with Crippen molar-refractivity contribution in [3.8, 4) is 5.75 Å². The lowest BCUT2D eigenvalue weighted by Crippen LogP contribution is -2.37. The van der Waals surface area contributed by atoms with E-state index in [9.17, 15) is 9.59 Å². The number of hydrogen-bond acceptors (Lipinski definition) is 5. The number of fused-ring (bicyclic) bond motifs is 1. The molecule has 0 aliphatic heterocycles. The van der Waals surface area contributed by atoms with Crippen molar-refractivity contribution in [1.82, 2.24) is 10.7 Å². The zero-order valence-electron chi connectivity index (χ0n) is 14.1. The van der Waals surface area contributed by atoms with Gasteiger partial charge in [-0.1, -0.05) is 18.2 Å². The van der Waals surface area contributed by atoms with Crippen LogP contribution in [0.4, 0.5) is 0 Å². The van der Waals surface area contributed by atoms with Crippen LogP contribution in [0.5, 0.6) is 5.75 Å². The monoisotopic (exact) mass is 351 g/mol. The second-order valence-corrected chi connectivity index (χ2v) is 5.43. The van der Waals surface area contributed by atoms with Crippen LogP contribution in [0.25, 0.3) is 10.8 Å². The summed E-state index contributed by atoms with van der Waals surface area (Å²) < 4.78 is 10.3. The van der Waals surface area contributed by atoms with Gasteiger partial charge in [0.15, 0.2) is 0 Å². The first-order valence-corrected chi connectivity index (χ1v) is 7.87. The van der Waals surface area contributed by atoms with Gasteiger partial charge >= 0.3 is 11.8 Å². The molecule has 2 amide bonds. The minimum absolute atomic E-state index is 0.136. The lowest BCUT2D eigenvalue weighted by molar-refractivity contribution is -0.139. The maximum atomic E-state index is 11.7. The molecule has 26 heavy (non-hydrogen) atoms. The average molecular weight is 351 g/mol. The van der Waals surface area contributed by atoms with Crippen LogP contribution in [0.3, 0.4) is 0 Å². The van der Waals surface area contributed by atoms with Crippen LogP contribution in [0, 0.1) is 0 Å². The molecule has 2 aromatic carbocycles. The molecular weight excluding hydrogens is 334 g/mol. The molecule has 2 N–H and O–H groups in total. The minimum Gasteiger partial charge on any atom is -0.497 e. The highest BCUT2D eigenvalue weighted by Gasteiger charge is 2.12. The Morgan fingerprint density at radius 3 is 2.69 bits per heavy atom. The number of hydrazone groups is 1. The molecule has 1 aromatic heterocycles. The van der Waals surface area contributed by atoms with E-state index < -0.39 is 11.8 Å². The topological polar surface area (TPSA) is 92.9 Å². The Bertz CT molecular complexity index is 949. The second-order valence-electron chi connectivity index (χ2n) is 5.43. The van der Waals surface area contributed by atoms with Crippen molar-refractivity contribution in [2.24, 2.45) is 5.10 Å². The van der Waals surface area contributed by atoms with Crippen LogP contribution < -0.4 is 15.5 Å². The molecule has 0 saturated heterocycles. The zero-order chi connectivity index (χ0) is 18.4. The summed E-state index contributed by atoms with van der Waals surface area (Å²) in [4.78, 5) is 23.4. The number of ether oxygens (including phenoxy) is 1. The number of rotatable bonds is 5. The number of benzene rings is 2. The number of nitrogens with zero attached hydrogens (tertiary/aromatic N) is 1. The van der Waals surface area contributed by atoms with Crippen molar-refractivity contribution in [3.63, 3.8) is 0 Å². The van der Waals surface area contributed by atoms with Gasteiger partial charge in [0.05, 0.1) is 26.1 Å². The number of methoxy groups -OCH3 is 1. The Hall–Kier alpha value is -3.61. The van der Waals surface area contributed by atoms with Crippen molar-refractivity contribution < 1.29 is 18.7 Å². The molecule has 0 spiro atoms. The standard InChI is InChI=1S/C19H17N3O4/c1-25-16-7-6-14-9-13(4-5-15(14)10-16)11-21-22-19(24)18(23)20-12-17-3-2-8-26-17/h2-11H,12H2,1H3,(H,20,23)(H,22,24)/b21-11-. The Morgan fingerprint density at radius 1 is 1.12 bits per heavy atom. The van der Waals surface area contributed by atoms with Crippen molar-refractivity contribution in [3.05, 3.63) is 66.1 Å². The van der Waals surface area contributed by atoms with Crippen molar-refractivity contribution in [2.45, 2.75) is 6.54 Å². The Morgan fingerprint density at radius 2 is 1.92 bits per heavy atom. The van der Waals surface area contributed by atoms with Gasteiger partial charge in [0.25, 0.3) is 0 Å². The first-order valence-electron chi connectivity index (χ1n) is 7.87. The molecule has 3 rings (SSSR count). The number of nitrogens with one attached hydrogen (secondary N) is 2. The number of hydrogen-bond donors (Lipinski definition) is 2. The van der Waals surface area contributed by atoms with Crippen molar-refractivity contribution >= 4 is 28.8 Å². The smallest absolute Gasteiger partial charge is 0.329 e. The zero-order valence-corrected chi connectivity index (χ0v) is 14.1. The summed E-state index contributed by atoms with van der Waals surface area (Å²) in [5, 5.41) is 8.29. The van der Waals surface area contributed by atoms with E-state index in [4.69, 9.17) is 9.15 Å². The van der Waals surface area contributed by atoms with Crippen LogP contribution in [0.15, 0.2) is 64.3 Å². The second kappa shape index (κ2) is 7.98. The fourth-order valence-corrected chi connectivity index (χ4v) is 2.33. The van der Waals surface area contributed by atoms with E-state index in [-0.39, 0.29) is 6.54 Å². The summed E-state index contributed by atoms with van der Waals surface area (Å²) in [6.07, 6.45) is 2.97. The first-order chi connectivity index (χ1) is 12.7. The minimum atomic E-state index is -0.849. The lowest BCUT2D eigenvalue weighted by atomic mass is 10.1. The predicted molar refractivity (Wildman–Crippen MR) is 96.8 cm³/mol. The summed E-state index contributed by atoms with van der Waals surface area (Å²) in [6.45, 7) is 0.136. The molecule has 0 radical (unpaired) electrons. The lowest BCUT2D eigenvalue weighted by Gasteiger charge is -2.03. The maximum absolute atomic E-state index is 11.7. The first kappa shape index (κ1) is 17.2.